The van der Waals surface area contributed by atoms with E-state index in [1.165, 1.54) is 0 Å². The standard InChI is InChI=1S/C15H14N4O4/c20-11-5-15(6-16-11)7-19(8-15)13(21)10-3-1-9(2-4-10)12-17-14(22)23-18-12/h1-4H,5-8H2,(H,16,20)(H,17,18,22). The maximum absolute atomic E-state index is 12.4. The van der Waals surface area contributed by atoms with Crippen molar-refractivity contribution in [2.75, 3.05) is 19.6 Å². The van der Waals surface area contributed by atoms with E-state index in [9.17, 15) is 14.4 Å². The Balaban J connectivity index is 1.45. The van der Waals surface area contributed by atoms with E-state index in [1.807, 2.05) is 0 Å². The van der Waals surface area contributed by atoms with E-state index in [0.717, 1.165) is 0 Å². The first-order valence-electron chi connectivity index (χ1n) is 7.27. The van der Waals surface area contributed by atoms with Gasteiger partial charge in [-0.3, -0.25) is 19.1 Å². The van der Waals surface area contributed by atoms with Crippen LogP contribution >= 0.6 is 0 Å². The molecule has 118 valence electrons. The number of H-pyrrole nitrogens is 1. The van der Waals surface area contributed by atoms with E-state index in [-0.39, 0.29) is 17.2 Å². The van der Waals surface area contributed by atoms with Gasteiger partial charge in [-0.15, -0.1) is 0 Å². The monoisotopic (exact) mass is 314 g/mol. The van der Waals surface area contributed by atoms with Crippen molar-refractivity contribution in [1.29, 1.82) is 0 Å². The van der Waals surface area contributed by atoms with Crippen LogP contribution in [0.25, 0.3) is 11.4 Å². The van der Waals surface area contributed by atoms with E-state index < -0.39 is 5.76 Å². The molecule has 2 aromatic rings. The number of carbonyl (C=O) groups excluding carboxylic acids is 2. The van der Waals surface area contributed by atoms with Gasteiger partial charge in [0.2, 0.25) is 5.91 Å². The third kappa shape index (κ3) is 2.32. The van der Waals surface area contributed by atoms with Gasteiger partial charge >= 0.3 is 5.76 Å². The molecule has 2 aliphatic rings. The molecule has 0 radical (unpaired) electrons. The van der Waals surface area contributed by atoms with Crippen molar-refractivity contribution in [3.05, 3.63) is 40.4 Å². The predicted octanol–water partition coefficient (Wildman–Crippen LogP) is -0.00800. The number of rotatable bonds is 2. The SMILES string of the molecule is O=C1CC2(CN1)CN(C(=O)c1ccc(-c3noc(=O)[nH]3)cc1)C2. The number of nitrogens with one attached hydrogen (secondary N) is 2. The molecular formula is C15H14N4O4. The molecule has 3 heterocycles. The lowest BCUT2D eigenvalue weighted by atomic mass is 9.78. The highest BCUT2D eigenvalue weighted by atomic mass is 16.5. The van der Waals surface area contributed by atoms with Crippen molar-refractivity contribution in [2.24, 2.45) is 5.41 Å². The van der Waals surface area contributed by atoms with Gasteiger partial charge in [-0.1, -0.05) is 17.3 Å². The molecule has 2 fully saturated rings. The Hall–Kier alpha value is -2.90. The van der Waals surface area contributed by atoms with E-state index in [0.29, 0.717) is 43.0 Å². The Morgan fingerprint density at radius 2 is 1.96 bits per heavy atom. The number of nitrogens with zero attached hydrogens (tertiary/aromatic N) is 2. The molecule has 2 aliphatic heterocycles. The molecule has 0 saturated carbocycles. The lowest BCUT2D eigenvalue weighted by Crippen LogP contribution is -2.59. The van der Waals surface area contributed by atoms with Gasteiger partial charge < -0.3 is 10.2 Å². The van der Waals surface area contributed by atoms with Gasteiger partial charge in [0.25, 0.3) is 5.91 Å². The summed E-state index contributed by atoms with van der Waals surface area (Å²) >= 11 is 0. The Bertz CT molecular complexity index is 830. The summed E-state index contributed by atoms with van der Waals surface area (Å²) in [7, 11) is 0. The molecular weight excluding hydrogens is 300 g/mol. The molecule has 2 saturated heterocycles. The van der Waals surface area contributed by atoms with Crippen molar-refractivity contribution in [1.82, 2.24) is 20.4 Å². The summed E-state index contributed by atoms with van der Waals surface area (Å²) in [5.41, 5.74) is 1.15. The van der Waals surface area contributed by atoms with Crippen LogP contribution in [0.3, 0.4) is 0 Å². The summed E-state index contributed by atoms with van der Waals surface area (Å²) in [6.45, 7) is 1.85. The molecule has 8 heteroatoms. The molecule has 1 aromatic carbocycles. The second-order valence-electron chi connectivity index (χ2n) is 6.14. The normalized spacial score (nSPS) is 18.8. The quantitative estimate of drug-likeness (QED) is 0.810. The van der Waals surface area contributed by atoms with Crippen molar-refractivity contribution in [2.45, 2.75) is 6.42 Å². The highest BCUT2D eigenvalue weighted by Crippen LogP contribution is 2.37. The lowest BCUT2D eigenvalue weighted by Gasteiger charge is -2.47. The number of carbonyl (C=O) groups is 2. The van der Waals surface area contributed by atoms with Crippen LogP contribution in [-0.4, -0.2) is 46.5 Å². The molecule has 0 aliphatic carbocycles. The number of amides is 2. The van der Waals surface area contributed by atoms with Crippen LogP contribution in [0.1, 0.15) is 16.8 Å². The molecule has 0 bridgehead atoms. The Labute approximate surface area is 130 Å². The number of likely N-dealkylation sites (tertiary alicyclic amines) is 1. The molecule has 1 aromatic heterocycles. The minimum Gasteiger partial charge on any atom is -0.355 e. The number of aromatic nitrogens is 2. The van der Waals surface area contributed by atoms with Crippen molar-refractivity contribution >= 4 is 11.8 Å². The topological polar surface area (TPSA) is 108 Å². The fourth-order valence-electron chi connectivity index (χ4n) is 3.19. The Morgan fingerprint density at radius 1 is 1.22 bits per heavy atom. The van der Waals surface area contributed by atoms with Crippen LogP contribution < -0.4 is 11.1 Å². The molecule has 1 spiro atoms. The first-order valence-corrected chi connectivity index (χ1v) is 7.27. The number of hydrogen-bond donors (Lipinski definition) is 2. The molecule has 4 rings (SSSR count). The van der Waals surface area contributed by atoms with Crippen molar-refractivity contribution in [3.8, 4) is 11.4 Å². The molecule has 8 nitrogen and oxygen atoms in total. The van der Waals surface area contributed by atoms with Gasteiger partial charge in [0, 0.05) is 42.6 Å². The highest BCUT2D eigenvalue weighted by molar-refractivity contribution is 5.95. The molecule has 2 N–H and O–H groups in total. The van der Waals surface area contributed by atoms with Crippen molar-refractivity contribution < 1.29 is 14.1 Å². The summed E-state index contributed by atoms with van der Waals surface area (Å²) in [6.07, 6.45) is 0.495. The number of hydrogen-bond acceptors (Lipinski definition) is 5. The summed E-state index contributed by atoms with van der Waals surface area (Å²) in [5, 5.41) is 6.42. The predicted molar refractivity (Wildman–Crippen MR) is 78.5 cm³/mol. The van der Waals surface area contributed by atoms with E-state index in [4.69, 9.17) is 0 Å². The zero-order valence-electron chi connectivity index (χ0n) is 12.2. The third-order valence-electron chi connectivity index (χ3n) is 4.38. The van der Waals surface area contributed by atoms with Crippen LogP contribution in [0.2, 0.25) is 0 Å². The maximum Gasteiger partial charge on any atom is 0.439 e. The van der Waals surface area contributed by atoms with Crippen molar-refractivity contribution in [3.63, 3.8) is 0 Å². The van der Waals surface area contributed by atoms with Gasteiger partial charge in [0.15, 0.2) is 5.82 Å². The fraction of sp³-hybridized carbons (Fsp3) is 0.333. The minimum atomic E-state index is -0.620. The summed E-state index contributed by atoms with van der Waals surface area (Å²) in [6, 6.07) is 6.79. The fourth-order valence-corrected chi connectivity index (χ4v) is 3.19. The van der Waals surface area contributed by atoms with Crippen LogP contribution in [0, 0.1) is 5.41 Å². The smallest absolute Gasteiger partial charge is 0.355 e. The number of aromatic amines is 1. The molecule has 2 amide bonds. The van der Waals surface area contributed by atoms with E-state index in [2.05, 4.69) is 20.0 Å². The highest BCUT2D eigenvalue weighted by Gasteiger charge is 2.49. The summed E-state index contributed by atoms with van der Waals surface area (Å²) in [5.74, 6) is -0.295. The van der Waals surface area contributed by atoms with Gasteiger partial charge in [0.1, 0.15) is 0 Å². The average Bonchev–Trinajstić information content (AvgIpc) is 3.11. The summed E-state index contributed by atoms with van der Waals surface area (Å²) in [4.78, 5) is 38.9. The zero-order chi connectivity index (χ0) is 16.0. The second kappa shape index (κ2) is 4.80. The van der Waals surface area contributed by atoms with Gasteiger partial charge in [-0.05, 0) is 12.1 Å². The average molecular weight is 314 g/mol. The Morgan fingerprint density at radius 3 is 2.52 bits per heavy atom. The van der Waals surface area contributed by atoms with Crippen LogP contribution in [0.5, 0.6) is 0 Å². The van der Waals surface area contributed by atoms with Crippen LogP contribution in [-0.2, 0) is 4.79 Å². The molecule has 23 heavy (non-hydrogen) atoms. The largest absolute Gasteiger partial charge is 0.439 e. The Kier molecular flexibility index (Phi) is 2.87. The van der Waals surface area contributed by atoms with Gasteiger partial charge in [-0.25, -0.2) is 4.79 Å². The van der Waals surface area contributed by atoms with Gasteiger partial charge in [0.05, 0.1) is 0 Å². The van der Waals surface area contributed by atoms with Crippen LogP contribution in [0.4, 0.5) is 0 Å². The lowest BCUT2D eigenvalue weighted by molar-refractivity contribution is -0.120. The zero-order valence-corrected chi connectivity index (χ0v) is 12.2. The second-order valence-corrected chi connectivity index (χ2v) is 6.14. The van der Waals surface area contributed by atoms with Crippen LogP contribution in [0.15, 0.2) is 33.6 Å². The molecule has 0 atom stereocenters. The summed E-state index contributed by atoms with van der Waals surface area (Å²) < 4.78 is 4.45. The van der Waals surface area contributed by atoms with Gasteiger partial charge in [-0.2, -0.15) is 0 Å². The first-order chi connectivity index (χ1) is 11.0. The minimum absolute atomic E-state index is 0.0584. The molecule has 0 unspecified atom stereocenters. The first kappa shape index (κ1) is 13.7. The van der Waals surface area contributed by atoms with E-state index >= 15 is 0 Å². The number of benzene rings is 1. The van der Waals surface area contributed by atoms with E-state index in [1.54, 1.807) is 29.2 Å². The maximum atomic E-state index is 12.4. The third-order valence-corrected chi connectivity index (χ3v) is 4.38.